The zero-order valence-corrected chi connectivity index (χ0v) is 5.94. The van der Waals surface area contributed by atoms with Crippen molar-refractivity contribution < 1.29 is 9.57 Å². The second kappa shape index (κ2) is 3.17. The highest BCUT2D eigenvalue weighted by Gasteiger charge is 2.11. The first-order valence-corrected chi connectivity index (χ1v) is 2.80. The number of hydrogen-bond acceptors (Lipinski definition) is 5. The standard InChI is InChI=1S/C5H9N3O2/c1-9-5-7-3-6-4-8(5)10-2/h3H,4H2,1-2H3. The molecule has 0 saturated heterocycles. The fourth-order valence-electron chi connectivity index (χ4n) is 0.616. The van der Waals surface area contributed by atoms with Crippen LogP contribution >= 0.6 is 0 Å². The van der Waals surface area contributed by atoms with Gasteiger partial charge >= 0.3 is 6.02 Å². The number of hydrogen-bond donors (Lipinski definition) is 0. The molecule has 0 atom stereocenters. The number of amidine groups is 1. The van der Waals surface area contributed by atoms with Crippen LogP contribution in [0.15, 0.2) is 9.98 Å². The molecule has 0 spiro atoms. The lowest BCUT2D eigenvalue weighted by Gasteiger charge is -2.20. The van der Waals surface area contributed by atoms with Gasteiger partial charge < -0.3 is 4.74 Å². The van der Waals surface area contributed by atoms with Gasteiger partial charge in [-0.15, -0.1) is 0 Å². The van der Waals surface area contributed by atoms with Gasteiger partial charge in [-0.2, -0.15) is 10.1 Å². The number of nitrogens with zero attached hydrogens (tertiary/aromatic N) is 3. The van der Waals surface area contributed by atoms with E-state index in [9.17, 15) is 0 Å². The van der Waals surface area contributed by atoms with Crippen molar-refractivity contribution in [3.8, 4) is 0 Å². The number of ether oxygens (including phenoxy) is 1. The number of hydroxylamine groups is 2. The molecule has 5 heteroatoms. The van der Waals surface area contributed by atoms with Crippen molar-refractivity contribution >= 4 is 12.4 Å². The van der Waals surface area contributed by atoms with Gasteiger partial charge in [0.1, 0.15) is 13.0 Å². The Kier molecular flexibility index (Phi) is 2.22. The molecule has 0 amide bonds. The summed E-state index contributed by atoms with van der Waals surface area (Å²) >= 11 is 0. The van der Waals surface area contributed by atoms with E-state index in [1.165, 1.54) is 25.6 Å². The highest BCUT2D eigenvalue weighted by Crippen LogP contribution is 1.97. The fraction of sp³-hybridized carbons (Fsp3) is 0.600. The Morgan fingerprint density at radius 1 is 1.60 bits per heavy atom. The summed E-state index contributed by atoms with van der Waals surface area (Å²) in [6.45, 7) is 0.434. The minimum atomic E-state index is 0.428. The fourth-order valence-corrected chi connectivity index (χ4v) is 0.616. The topological polar surface area (TPSA) is 46.4 Å². The van der Waals surface area contributed by atoms with Crippen LogP contribution in [-0.2, 0) is 9.57 Å². The van der Waals surface area contributed by atoms with Gasteiger partial charge in [0, 0.05) is 0 Å². The van der Waals surface area contributed by atoms with Crippen LogP contribution in [0.2, 0.25) is 0 Å². The zero-order chi connectivity index (χ0) is 7.40. The van der Waals surface area contributed by atoms with E-state index in [0.29, 0.717) is 12.7 Å². The molecule has 1 heterocycles. The van der Waals surface area contributed by atoms with Gasteiger partial charge in [-0.25, -0.2) is 4.99 Å². The van der Waals surface area contributed by atoms with Crippen molar-refractivity contribution in [3.05, 3.63) is 0 Å². The molecule has 0 fully saturated rings. The molecule has 0 aliphatic carbocycles. The molecule has 56 valence electrons. The summed E-state index contributed by atoms with van der Waals surface area (Å²) in [5.41, 5.74) is 0. The van der Waals surface area contributed by atoms with Crippen LogP contribution < -0.4 is 0 Å². The lowest BCUT2D eigenvalue weighted by Crippen LogP contribution is -2.33. The molecule has 10 heavy (non-hydrogen) atoms. The van der Waals surface area contributed by atoms with Crippen LogP contribution in [-0.4, -0.2) is 38.3 Å². The lowest BCUT2D eigenvalue weighted by molar-refractivity contribution is -0.0809. The van der Waals surface area contributed by atoms with E-state index in [1.54, 1.807) is 0 Å². The SMILES string of the molecule is COC1=NC=NCN1OC. The quantitative estimate of drug-likeness (QED) is 0.513. The van der Waals surface area contributed by atoms with Gasteiger partial charge in [-0.1, -0.05) is 0 Å². The molecule has 0 saturated carbocycles. The lowest BCUT2D eigenvalue weighted by atomic mass is 10.8. The first-order valence-electron chi connectivity index (χ1n) is 2.80. The van der Waals surface area contributed by atoms with E-state index in [4.69, 9.17) is 9.57 Å². The summed E-state index contributed by atoms with van der Waals surface area (Å²) in [6, 6.07) is 0.428. The van der Waals surface area contributed by atoms with Crippen molar-refractivity contribution in [1.29, 1.82) is 0 Å². The normalized spacial score (nSPS) is 17.0. The van der Waals surface area contributed by atoms with E-state index >= 15 is 0 Å². The summed E-state index contributed by atoms with van der Waals surface area (Å²) in [4.78, 5) is 12.5. The summed E-state index contributed by atoms with van der Waals surface area (Å²) in [5, 5.41) is 1.44. The van der Waals surface area contributed by atoms with E-state index < -0.39 is 0 Å². The number of methoxy groups -OCH3 is 1. The van der Waals surface area contributed by atoms with Gasteiger partial charge in [0.2, 0.25) is 0 Å². The van der Waals surface area contributed by atoms with Crippen molar-refractivity contribution in [2.45, 2.75) is 0 Å². The Labute approximate surface area is 58.9 Å². The van der Waals surface area contributed by atoms with Gasteiger partial charge in [0.05, 0.1) is 14.2 Å². The van der Waals surface area contributed by atoms with Crippen LogP contribution in [0.25, 0.3) is 0 Å². The summed E-state index contributed by atoms with van der Waals surface area (Å²) < 4.78 is 4.85. The Bertz CT molecular complexity index is 166. The summed E-state index contributed by atoms with van der Waals surface area (Å²) in [7, 11) is 3.07. The molecule has 0 N–H and O–H groups in total. The summed E-state index contributed by atoms with van der Waals surface area (Å²) in [5.74, 6) is 0. The number of aliphatic imine (C=N–C) groups is 2. The maximum Gasteiger partial charge on any atom is 0.319 e. The monoisotopic (exact) mass is 143 g/mol. The average molecular weight is 143 g/mol. The third kappa shape index (κ3) is 1.24. The van der Waals surface area contributed by atoms with E-state index in [1.807, 2.05) is 0 Å². The molecule has 0 aromatic rings. The Morgan fingerprint density at radius 3 is 2.90 bits per heavy atom. The predicted octanol–water partition coefficient (Wildman–Crippen LogP) is -0.148. The van der Waals surface area contributed by atoms with Crippen molar-refractivity contribution in [1.82, 2.24) is 5.06 Å². The Morgan fingerprint density at radius 2 is 2.40 bits per heavy atom. The molecule has 0 radical (unpaired) electrons. The van der Waals surface area contributed by atoms with Crippen LogP contribution in [0, 0.1) is 0 Å². The Balaban J connectivity index is 2.61. The molecular formula is C5H9N3O2. The van der Waals surface area contributed by atoms with Crippen molar-refractivity contribution in [3.63, 3.8) is 0 Å². The summed E-state index contributed by atoms with van der Waals surface area (Å²) in [6.07, 6.45) is 1.44. The van der Waals surface area contributed by atoms with Gasteiger partial charge in [0.25, 0.3) is 0 Å². The molecular weight excluding hydrogens is 134 g/mol. The molecule has 0 bridgehead atoms. The predicted molar refractivity (Wildman–Crippen MR) is 36.7 cm³/mol. The van der Waals surface area contributed by atoms with E-state index in [-0.39, 0.29) is 0 Å². The Hall–Kier alpha value is -1.10. The van der Waals surface area contributed by atoms with E-state index in [0.717, 1.165) is 0 Å². The van der Waals surface area contributed by atoms with Crippen molar-refractivity contribution in [2.24, 2.45) is 9.98 Å². The third-order valence-corrected chi connectivity index (χ3v) is 1.08. The van der Waals surface area contributed by atoms with Gasteiger partial charge in [0.15, 0.2) is 0 Å². The highest BCUT2D eigenvalue weighted by molar-refractivity contribution is 5.83. The average Bonchev–Trinajstić information content (AvgIpc) is 2.04. The van der Waals surface area contributed by atoms with Crippen molar-refractivity contribution in [2.75, 3.05) is 20.9 Å². The number of rotatable bonds is 1. The molecule has 0 aromatic heterocycles. The highest BCUT2D eigenvalue weighted by atomic mass is 16.7. The van der Waals surface area contributed by atoms with E-state index in [2.05, 4.69) is 9.98 Å². The van der Waals surface area contributed by atoms with Gasteiger partial charge in [-0.05, 0) is 0 Å². The third-order valence-electron chi connectivity index (χ3n) is 1.08. The molecule has 5 nitrogen and oxygen atoms in total. The maximum atomic E-state index is 4.86. The zero-order valence-electron chi connectivity index (χ0n) is 5.94. The first-order chi connectivity index (χ1) is 4.88. The molecule has 0 unspecified atom stereocenters. The molecule has 0 aromatic carbocycles. The van der Waals surface area contributed by atoms with Crippen LogP contribution in [0.1, 0.15) is 0 Å². The van der Waals surface area contributed by atoms with Crippen LogP contribution in [0.4, 0.5) is 0 Å². The van der Waals surface area contributed by atoms with Crippen LogP contribution in [0.3, 0.4) is 0 Å². The second-order valence-corrected chi connectivity index (χ2v) is 1.62. The first kappa shape index (κ1) is 7.01. The van der Waals surface area contributed by atoms with Crippen LogP contribution in [0.5, 0.6) is 0 Å². The van der Waals surface area contributed by atoms with Gasteiger partial charge in [-0.3, -0.25) is 4.84 Å². The molecule has 1 aliphatic heterocycles. The minimum absolute atomic E-state index is 0.428. The maximum absolute atomic E-state index is 4.86. The second-order valence-electron chi connectivity index (χ2n) is 1.62. The minimum Gasteiger partial charge on any atom is -0.467 e. The smallest absolute Gasteiger partial charge is 0.319 e. The molecule has 1 aliphatic rings. The molecule has 1 rings (SSSR count). The largest absolute Gasteiger partial charge is 0.467 e.